The zero-order valence-electron chi connectivity index (χ0n) is 9.70. The number of nitrogens with two attached hydrogens (primary N) is 1. The van der Waals surface area contributed by atoms with Crippen LogP contribution in [0.2, 0.25) is 0 Å². The molecule has 18 heavy (non-hydrogen) atoms. The Kier molecular flexibility index (Phi) is 3.64. The van der Waals surface area contributed by atoms with Crippen LogP contribution in [0.25, 0.3) is 0 Å². The van der Waals surface area contributed by atoms with Crippen molar-refractivity contribution in [3.63, 3.8) is 0 Å². The van der Waals surface area contributed by atoms with E-state index in [0.717, 1.165) is 17.0 Å². The second-order valence-electron chi connectivity index (χ2n) is 3.51. The maximum absolute atomic E-state index is 12.1. The smallest absolute Gasteiger partial charge is 0.265 e. The summed E-state index contributed by atoms with van der Waals surface area (Å²) < 4.78 is 28.3. The lowest BCUT2D eigenvalue weighted by Crippen LogP contribution is -2.12. The summed E-state index contributed by atoms with van der Waals surface area (Å²) in [5.41, 5.74) is 7.79. The summed E-state index contributed by atoms with van der Waals surface area (Å²) in [7, 11) is -3.62. The molecule has 2 aromatic rings. The molecule has 3 N–H and O–H groups in total. The van der Waals surface area contributed by atoms with Gasteiger partial charge in [0, 0.05) is 25.0 Å². The van der Waals surface area contributed by atoms with Gasteiger partial charge in [0.2, 0.25) is 5.13 Å². The van der Waals surface area contributed by atoms with Crippen LogP contribution < -0.4 is 10.5 Å². The molecule has 2 heterocycles. The zero-order chi connectivity index (χ0) is 13.2. The third-order valence-corrected chi connectivity index (χ3v) is 4.44. The molecule has 0 amide bonds. The predicted molar refractivity (Wildman–Crippen MR) is 68.7 cm³/mol. The molecular weight excluding hydrogens is 274 g/mol. The minimum absolute atomic E-state index is 0.181. The molecule has 0 aliphatic rings. The van der Waals surface area contributed by atoms with E-state index in [4.69, 9.17) is 5.73 Å². The van der Waals surface area contributed by atoms with Crippen LogP contribution in [0.1, 0.15) is 12.6 Å². The standard InChI is InChI=1S/C9H13N5O2S2/c1-2-14-5-8(3-7(14)4-10)18(15,16)13-9-12-11-6-17-9/h3,5-6H,2,4,10H2,1H3,(H,12,13). The van der Waals surface area contributed by atoms with Gasteiger partial charge in [-0.25, -0.2) is 8.42 Å². The molecular formula is C9H13N5O2S2. The van der Waals surface area contributed by atoms with Crippen molar-refractivity contribution >= 4 is 26.5 Å². The normalized spacial score (nSPS) is 11.7. The first kappa shape index (κ1) is 13.0. The molecule has 0 saturated heterocycles. The van der Waals surface area contributed by atoms with Crippen LogP contribution in [-0.2, 0) is 23.1 Å². The summed E-state index contributed by atoms with van der Waals surface area (Å²) in [4.78, 5) is 0.181. The van der Waals surface area contributed by atoms with Crippen molar-refractivity contribution < 1.29 is 8.42 Å². The molecule has 2 rings (SSSR count). The average molecular weight is 287 g/mol. The van der Waals surface area contributed by atoms with Gasteiger partial charge in [-0.2, -0.15) is 0 Å². The molecule has 98 valence electrons. The van der Waals surface area contributed by atoms with Crippen LogP contribution >= 0.6 is 11.3 Å². The Bertz CT molecular complexity index is 596. The number of nitrogens with one attached hydrogen (secondary N) is 1. The lowest BCUT2D eigenvalue weighted by molar-refractivity contribution is 0.600. The number of hydrogen-bond donors (Lipinski definition) is 2. The highest BCUT2D eigenvalue weighted by molar-refractivity contribution is 7.93. The van der Waals surface area contributed by atoms with E-state index in [9.17, 15) is 8.42 Å². The predicted octanol–water partition coefficient (Wildman–Crippen LogP) is 0.619. The van der Waals surface area contributed by atoms with Crippen molar-refractivity contribution in [1.29, 1.82) is 0 Å². The van der Waals surface area contributed by atoms with Gasteiger partial charge in [0.1, 0.15) is 10.4 Å². The molecule has 9 heteroatoms. The number of aryl methyl sites for hydroxylation is 1. The molecule has 0 saturated carbocycles. The Balaban J connectivity index is 2.32. The van der Waals surface area contributed by atoms with Crippen molar-refractivity contribution in [2.75, 3.05) is 4.72 Å². The lowest BCUT2D eigenvalue weighted by atomic mass is 10.4. The van der Waals surface area contributed by atoms with Gasteiger partial charge in [-0.1, -0.05) is 11.3 Å². The molecule has 7 nitrogen and oxygen atoms in total. The van der Waals surface area contributed by atoms with E-state index >= 15 is 0 Å². The summed E-state index contributed by atoms with van der Waals surface area (Å²) in [6.45, 7) is 2.89. The minimum Gasteiger partial charge on any atom is -0.349 e. The number of aromatic nitrogens is 3. The van der Waals surface area contributed by atoms with Crippen molar-refractivity contribution in [2.45, 2.75) is 24.9 Å². The first-order valence-electron chi connectivity index (χ1n) is 5.25. The fourth-order valence-corrected chi connectivity index (χ4v) is 3.29. The SMILES string of the molecule is CCn1cc(S(=O)(=O)Nc2nncs2)cc1CN. The lowest BCUT2D eigenvalue weighted by Gasteiger charge is -2.02. The van der Waals surface area contributed by atoms with Gasteiger partial charge in [0.15, 0.2) is 0 Å². The van der Waals surface area contributed by atoms with Crippen molar-refractivity contribution in [3.8, 4) is 0 Å². The highest BCUT2D eigenvalue weighted by Gasteiger charge is 2.19. The van der Waals surface area contributed by atoms with E-state index in [0.29, 0.717) is 13.1 Å². The van der Waals surface area contributed by atoms with Gasteiger partial charge >= 0.3 is 0 Å². The fraction of sp³-hybridized carbons (Fsp3) is 0.333. The summed E-state index contributed by atoms with van der Waals surface area (Å²) in [5.74, 6) is 0. The summed E-state index contributed by atoms with van der Waals surface area (Å²) in [6, 6.07) is 1.56. The van der Waals surface area contributed by atoms with Gasteiger partial charge in [-0.05, 0) is 13.0 Å². The molecule has 0 atom stereocenters. The summed E-state index contributed by atoms with van der Waals surface area (Å²) in [5, 5.41) is 7.46. The van der Waals surface area contributed by atoms with E-state index in [1.807, 2.05) is 6.92 Å². The molecule has 0 aliphatic heterocycles. The van der Waals surface area contributed by atoms with Gasteiger partial charge < -0.3 is 10.3 Å². The number of anilines is 1. The minimum atomic E-state index is -3.62. The average Bonchev–Trinajstić information content (AvgIpc) is 2.96. The second kappa shape index (κ2) is 5.04. The quantitative estimate of drug-likeness (QED) is 0.839. The van der Waals surface area contributed by atoms with Crippen molar-refractivity contribution in [2.24, 2.45) is 5.73 Å². The number of sulfonamides is 1. The van der Waals surface area contributed by atoms with Gasteiger partial charge in [-0.15, -0.1) is 10.2 Å². The van der Waals surface area contributed by atoms with Crippen LogP contribution in [0, 0.1) is 0 Å². The first-order chi connectivity index (χ1) is 8.56. The second-order valence-corrected chi connectivity index (χ2v) is 6.02. The first-order valence-corrected chi connectivity index (χ1v) is 7.61. The van der Waals surface area contributed by atoms with Crippen LogP contribution in [0.5, 0.6) is 0 Å². The molecule has 0 bridgehead atoms. The number of hydrogen-bond acceptors (Lipinski definition) is 6. The zero-order valence-corrected chi connectivity index (χ0v) is 11.3. The van der Waals surface area contributed by atoms with E-state index in [1.54, 1.807) is 16.8 Å². The largest absolute Gasteiger partial charge is 0.349 e. The number of nitrogens with zero attached hydrogens (tertiary/aromatic N) is 3. The van der Waals surface area contributed by atoms with Crippen molar-refractivity contribution in [1.82, 2.24) is 14.8 Å². The molecule has 2 aromatic heterocycles. The topological polar surface area (TPSA) is 103 Å². The molecule has 0 radical (unpaired) electrons. The maximum Gasteiger partial charge on any atom is 0.265 e. The maximum atomic E-state index is 12.1. The Hall–Kier alpha value is -1.45. The van der Waals surface area contributed by atoms with Crippen LogP contribution in [0.3, 0.4) is 0 Å². The third kappa shape index (κ3) is 2.52. The van der Waals surface area contributed by atoms with Crippen LogP contribution in [-0.4, -0.2) is 23.2 Å². The molecule has 0 fully saturated rings. The Morgan fingerprint density at radius 2 is 2.33 bits per heavy atom. The Morgan fingerprint density at radius 3 is 2.83 bits per heavy atom. The van der Waals surface area contributed by atoms with E-state index < -0.39 is 10.0 Å². The molecule has 0 unspecified atom stereocenters. The molecule has 0 aromatic carbocycles. The monoisotopic (exact) mass is 287 g/mol. The van der Waals surface area contributed by atoms with Crippen LogP contribution in [0.15, 0.2) is 22.7 Å². The van der Waals surface area contributed by atoms with Crippen LogP contribution in [0.4, 0.5) is 5.13 Å². The molecule has 0 spiro atoms. The summed E-state index contributed by atoms with van der Waals surface area (Å²) >= 11 is 1.12. The van der Waals surface area contributed by atoms with E-state index in [-0.39, 0.29) is 10.0 Å². The summed E-state index contributed by atoms with van der Waals surface area (Å²) in [6.07, 6.45) is 1.56. The molecule has 0 aliphatic carbocycles. The van der Waals surface area contributed by atoms with Gasteiger partial charge in [-0.3, -0.25) is 4.72 Å². The highest BCUT2D eigenvalue weighted by atomic mass is 32.2. The fourth-order valence-electron chi connectivity index (χ4n) is 1.53. The third-order valence-electron chi connectivity index (χ3n) is 2.40. The Morgan fingerprint density at radius 1 is 1.56 bits per heavy atom. The van der Waals surface area contributed by atoms with Crippen molar-refractivity contribution in [3.05, 3.63) is 23.5 Å². The van der Waals surface area contributed by atoms with E-state index in [1.165, 1.54) is 5.51 Å². The van der Waals surface area contributed by atoms with E-state index in [2.05, 4.69) is 14.9 Å². The Labute approximate surface area is 109 Å². The van der Waals surface area contributed by atoms with Gasteiger partial charge in [0.25, 0.3) is 10.0 Å². The highest BCUT2D eigenvalue weighted by Crippen LogP contribution is 2.19. The number of rotatable bonds is 5. The van der Waals surface area contributed by atoms with Gasteiger partial charge in [0.05, 0.1) is 0 Å².